The molecule has 0 amide bonds. The minimum Gasteiger partial charge on any atom is -0.299 e. The lowest BCUT2D eigenvalue weighted by molar-refractivity contribution is -0.151. The molecule has 0 N–H and O–H groups in total. The topological polar surface area (TPSA) is 3.24 Å². The second kappa shape index (κ2) is 3.56. The van der Waals surface area contributed by atoms with Crippen molar-refractivity contribution in [1.29, 1.82) is 0 Å². The van der Waals surface area contributed by atoms with Crippen molar-refractivity contribution in [3.8, 4) is 0 Å². The summed E-state index contributed by atoms with van der Waals surface area (Å²) >= 11 is 1.55. The number of halogens is 4. The third-order valence-corrected chi connectivity index (χ3v) is 3.98. The van der Waals surface area contributed by atoms with E-state index in [1.54, 1.807) is 22.6 Å². The predicted octanol–water partition coefficient (Wildman–Crippen LogP) is 2.84. The van der Waals surface area contributed by atoms with Crippen LogP contribution < -0.4 is 0 Å². The van der Waals surface area contributed by atoms with Gasteiger partial charge in [0.15, 0.2) is 0 Å². The maximum Gasteiger partial charge on any atom is 0.404 e. The van der Waals surface area contributed by atoms with Crippen LogP contribution in [0.2, 0.25) is 0 Å². The molecule has 1 nitrogen and oxygen atoms in total. The number of hydrogen-bond acceptors (Lipinski definition) is 1. The van der Waals surface area contributed by atoms with Crippen molar-refractivity contribution < 1.29 is 13.2 Å². The Morgan fingerprint density at radius 2 is 1.92 bits per heavy atom. The maximum atomic E-state index is 12.5. The second-order valence-corrected chi connectivity index (χ2v) is 5.84. The summed E-state index contributed by atoms with van der Waals surface area (Å²) in [5.74, 6) is 0. The van der Waals surface area contributed by atoms with Gasteiger partial charge >= 0.3 is 6.18 Å². The average Bonchev–Trinajstić information content (AvgIpc) is 2.31. The first-order chi connectivity index (χ1) is 5.76. The molecule has 1 saturated heterocycles. The monoisotopic (exact) mass is 307 g/mol. The standard InChI is InChI=1S/C8H13F3IN/c1-6(2)13-4-3-7(12,5-13)8(9,10)11/h6H,3-5H2,1-2H3. The molecular formula is C8H13F3IN. The van der Waals surface area contributed by atoms with Gasteiger partial charge in [0, 0.05) is 19.1 Å². The van der Waals surface area contributed by atoms with Crippen molar-refractivity contribution in [2.24, 2.45) is 0 Å². The maximum absolute atomic E-state index is 12.5. The van der Waals surface area contributed by atoms with Gasteiger partial charge in [-0.05, 0) is 20.3 Å². The van der Waals surface area contributed by atoms with Gasteiger partial charge in [-0.3, -0.25) is 4.90 Å². The Hall–Kier alpha value is 0.480. The van der Waals surface area contributed by atoms with Crippen molar-refractivity contribution >= 4 is 22.6 Å². The summed E-state index contributed by atoms with van der Waals surface area (Å²) in [7, 11) is 0. The molecule has 1 unspecified atom stereocenters. The van der Waals surface area contributed by atoms with E-state index in [4.69, 9.17) is 0 Å². The molecule has 0 spiro atoms. The molecule has 78 valence electrons. The van der Waals surface area contributed by atoms with E-state index in [2.05, 4.69) is 0 Å². The van der Waals surface area contributed by atoms with E-state index >= 15 is 0 Å². The van der Waals surface area contributed by atoms with Crippen molar-refractivity contribution in [3.05, 3.63) is 0 Å². The van der Waals surface area contributed by atoms with Crippen LogP contribution in [-0.4, -0.2) is 33.6 Å². The Bertz CT molecular complexity index is 192. The van der Waals surface area contributed by atoms with Gasteiger partial charge in [-0.25, -0.2) is 0 Å². The molecular weight excluding hydrogens is 294 g/mol. The van der Waals surface area contributed by atoms with Crippen LogP contribution in [-0.2, 0) is 0 Å². The molecule has 1 aliphatic rings. The van der Waals surface area contributed by atoms with Crippen LogP contribution in [0.4, 0.5) is 13.2 Å². The fraction of sp³-hybridized carbons (Fsp3) is 1.00. The smallest absolute Gasteiger partial charge is 0.299 e. The molecule has 1 aliphatic heterocycles. The van der Waals surface area contributed by atoms with Crippen molar-refractivity contribution in [2.75, 3.05) is 13.1 Å². The summed E-state index contributed by atoms with van der Waals surface area (Å²) in [6, 6.07) is 0.207. The number of hydrogen-bond donors (Lipinski definition) is 0. The number of nitrogens with zero attached hydrogens (tertiary/aromatic N) is 1. The van der Waals surface area contributed by atoms with E-state index < -0.39 is 9.60 Å². The highest BCUT2D eigenvalue weighted by molar-refractivity contribution is 14.1. The fourth-order valence-electron chi connectivity index (χ4n) is 1.47. The molecule has 0 aromatic carbocycles. The van der Waals surface area contributed by atoms with Gasteiger partial charge in [-0.2, -0.15) is 13.2 Å². The quantitative estimate of drug-likeness (QED) is 0.532. The minimum atomic E-state index is -4.07. The van der Waals surface area contributed by atoms with Crippen LogP contribution in [0.1, 0.15) is 20.3 Å². The van der Waals surface area contributed by atoms with E-state index in [1.807, 2.05) is 18.7 Å². The largest absolute Gasteiger partial charge is 0.404 e. The van der Waals surface area contributed by atoms with Crippen LogP contribution in [0.3, 0.4) is 0 Å². The Kier molecular flexibility index (Phi) is 3.17. The zero-order valence-electron chi connectivity index (χ0n) is 7.66. The molecule has 0 aliphatic carbocycles. The minimum absolute atomic E-state index is 0.134. The molecule has 1 atom stereocenters. The normalized spacial score (nSPS) is 31.6. The number of rotatable bonds is 1. The molecule has 0 aromatic rings. The van der Waals surface area contributed by atoms with E-state index in [0.29, 0.717) is 6.54 Å². The van der Waals surface area contributed by atoms with Gasteiger partial charge in [0.05, 0.1) is 0 Å². The molecule has 13 heavy (non-hydrogen) atoms. The molecule has 0 saturated carbocycles. The lowest BCUT2D eigenvalue weighted by atomic mass is 10.1. The van der Waals surface area contributed by atoms with E-state index in [1.165, 1.54) is 0 Å². The van der Waals surface area contributed by atoms with E-state index in [-0.39, 0.29) is 19.0 Å². The van der Waals surface area contributed by atoms with Crippen LogP contribution in [0, 0.1) is 0 Å². The summed E-state index contributed by atoms with van der Waals surface area (Å²) in [5.41, 5.74) is 0. The average molecular weight is 307 g/mol. The summed E-state index contributed by atoms with van der Waals surface area (Å²) in [6.45, 7) is 4.55. The lowest BCUT2D eigenvalue weighted by Gasteiger charge is -2.27. The van der Waals surface area contributed by atoms with Gasteiger partial charge in [-0.1, -0.05) is 22.6 Å². The van der Waals surface area contributed by atoms with E-state index in [0.717, 1.165) is 0 Å². The Labute approximate surface area is 89.8 Å². The molecule has 5 heteroatoms. The Balaban J connectivity index is 2.67. The van der Waals surface area contributed by atoms with Gasteiger partial charge in [0.25, 0.3) is 0 Å². The van der Waals surface area contributed by atoms with Gasteiger partial charge < -0.3 is 0 Å². The summed E-state index contributed by atoms with van der Waals surface area (Å²) in [6.07, 6.45) is -3.85. The van der Waals surface area contributed by atoms with Crippen LogP contribution >= 0.6 is 22.6 Å². The summed E-state index contributed by atoms with van der Waals surface area (Å²) in [5, 5.41) is 0. The first-order valence-electron chi connectivity index (χ1n) is 4.26. The lowest BCUT2D eigenvalue weighted by Crippen LogP contribution is -2.42. The Morgan fingerprint density at radius 1 is 1.38 bits per heavy atom. The van der Waals surface area contributed by atoms with Crippen molar-refractivity contribution in [2.45, 2.75) is 35.9 Å². The molecule has 0 bridgehead atoms. The Morgan fingerprint density at radius 3 is 2.15 bits per heavy atom. The molecule has 0 aromatic heterocycles. The third kappa shape index (κ3) is 2.29. The zero-order valence-corrected chi connectivity index (χ0v) is 9.82. The summed E-state index contributed by atoms with van der Waals surface area (Å²) in [4.78, 5) is 1.87. The summed E-state index contributed by atoms with van der Waals surface area (Å²) < 4.78 is 36.1. The SMILES string of the molecule is CC(C)N1CCC(I)(C(F)(F)F)C1. The third-order valence-electron chi connectivity index (χ3n) is 2.49. The molecule has 1 rings (SSSR count). The van der Waals surface area contributed by atoms with Gasteiger partial charge in [-0.15, -0.1) is 0 Å². The van der Waals surface area contributed by atoms with Crippen LogP contribution in [0.5, 0.6) is 0 Å². The first kappa shape index (κ1) is 11.6. The number of likely N-dealkylation sites (tertiary alicyclic amines) is 1. The number of alkyl halides is 4. The highest BCUT2D eigenvalue weighted by Crippen LogP contribution is 2.45. The highest BCUT2D eigenvalue weighted by Gasteiger charge is 2.56. The predicted molar refractivity (Wildman–Crippen MR) is 54.1 cm³/mol. The van der Waals surface area contributed by atoms with Crippen molar-refractivity contribution in [1.82, 2.24) is 4.90 Å². The van der Waals surface area contributed by atoms with Crippen molar-refractivity contribution in [3.63, 3.8) is 0 Å². The van der Waals surface area contributed by atoms with Crippen LogP contribution in [0.25, 0.3) is 0 Å². The van der Waals surface area contributed by atoms with Crippen LogP contribution in [0.15, 0.2) is 0 Å². The molecule has 1 fully saturated rings. The molecule has 1 heterocycles. The highest BCUT2D eigenvalue weighted by atomic mass is 127. The first-order valence-corrected chi connectivity index (χ1v) is 5.34. The van der Waals surface area contributed by atoms with Gasteiger partial charge in [0.2, 0.25) is 0 Å². The van der Waals surface area contributed by atoms with Gasteiger partial charge in [0.1, 0.15) is 3.42 Å². The fourth-order valence-corrected chi connectivity index (χ4v) is 2.15. The van der Waals surface area contributed by atoms with E-state index in [9.17, 15) is 13.2 Å². The zero-order chi connectivity index (χ0) is 10.3. The molecule has 0 radical (unpaired) electrons. The second-order valence-electron chi connectivity index (χ2n) is 3.78.